The van der Waals surface area contributed by atoms with Crippen LogP contribution in [0.25, 0.3) is 0 Å². The average molecular weight is 270 g/mol. The van der Waals surface area contributed by atoms with E-state index >= 15 is 0 Å². The lowest BCUT2D eigenvalue weighted by molar-refractivity contribution is -0.149. The summed E-state index contributed by atoms with van der Waals surface area (Å²) in [6.45, 7) is 9.31. The van der Waals surface area contributed by atoms with E-state index in [1.165, 1.54) is 0 Å². The highest BCUT2D eigenvalue weighted by molar-refractivity contribution is 5.95. The van der Waals surface area contributed by atoms with E-state index in [-0.39, 0.29) is 36.4 Å². The first-order valence-electron chi connectivity index (χ1n) is 7.18. The molecular formula is C14H26N2O3. The molecule has 2 atom stereocenters. The fourth-order valence-corrected chi connectivity index (χ4v) is 2.38. The molecule has 0 saturated carbocycles. The van der Waals surface area contributed by atoms with Crippen LogP contribution in [0.2, 0.25) is 0 Å². The van der Waals surface area contributed by atoms with Crippen LogP contribution in [0, 0.1) is 5.92 Å². The zero-order chi connectivity index (χ0) is 14.4. The van der Waals surface area contributed by atoms with E-state index in [9.17, 15) is 9.59 Å². The van der Waals surface area contributed by atoms with Crippen molar-refractivity contribution in [3.05, 3.63) is 0 Å². The zero-order valence-electron chi connectivity index (χ0n) is 12.4. The first kappa shape index (κ1) is 16.0. The normalized spacial score (nSPS) is 21.7. The van der Waals surface area contributed by atoms with Crippen molar-refractivity contribution < 1.29 is 14.3 Å². The topological polar surface area (TPSA) is 58.6 Å². The summed E-state index contributed by atoms with van der Waals surface area (Å²) in [5.41, 5.74) is 0. The Kier molecular flexibility index (Phi) is 6.28. The zero-order valence-corrected chi connectivity index (χ0v) is 12.4. The van der Waals surface area contributed by atoms with E-state index in [1.807, 2.05) is 13.8 Å². The first-order chi connectivity index (χ1) is 9.01. The molecule has 110 valence electrons. The number of nitrogens with zero attached hydrogens (tertiary/aromatic N) is 1. The second kappa shape index (κ2) is 7.48. The number of piperazine rings is 1. The number of nitrogens with one attached hydrogen (secondary N) is 1. The van der Waals surface area contributed by atoms with Crippen molar-refractivity contribution in [2.24, 2.45) is 5.92 Å². The Morgan fingerprint density at radius 1 is 1.37 bits per heavy atom. The van der Waals surface area contributed by atoms with Gasteiger partial charge in [-0.1, -0.05) is 27.2 Å². The second-order valence-corrected chi connectivity index (χ2v) is 5.35. The van der Waals surface area contributed by atoms with Gasteiger partial charge in [-0.15, -0.1) is 0 Å². The summed E-state index contributed by atoms with van der Waals surface area (Å²) in [5.74, 6) is 0.226. The fraction of sp³-hybridized carbons (Fsp3) is 0.857. The summed E-state index contributed by atoms with van der Waals surface area (Å²) >= 11 is 0. The molecule has 1 saturated heterocycles. The van der Waals surface area contributed by atoms with Crippen LogP contribution >= 0.6 is 0 Å². The summed E-state index contributed by atoms with van der Waals surface area (Å²) < 4.78 is 5.46. The molecule has 19 heavy (non-hydrogen) atoms. The van der Waals surface area contributed by atoms with Gasteiger partial charge in [0.2, 0.25) is 11.8 Å². The maximum absolute atomic E-state index is 12.4. The molecule has 1 aliphatic heterocycles. The average Bonchev–Trinajstić information content (AvgIpc) is 2.35. The third-order valence-corrected chi connectivity index (χ3v) is 3.47. The highest BCUT2D eigenvalue weighted by Gasteiger charge is 2.37. The largest absolute Gasteiger partial charge is 0.380 e. The molecule has 1 heterocycles. The lowest BCUT2D eigenvalue weighted by Crippen LogP contribution is -2.62. The summed E-state index contributed by atoms with van der Waals surface area (Å²) in [6, 6.07) is -0.396. The van der Waals surface area contributed by atoms with Crippen molar-refractivity contribution in [2.45, 2.75) is 52.6 Å². The molecule has 0 bridgehead atoms. The molecule has 5 nitrogen and oxygen atoms in total. The molecule has 5 heteroatoms. The Morgan fingerprint density at radius 2 is 2.05 bits per heavy atom. The van der Waals surface area contributed by atoms with Gasteiger partial charge in [0.05, 0.1) is 19.2 Å². The fourth-order valence-electron chi connectivity index (χ4n) is 2.38. The lowest BCUT2D eigenvalue weighted by atomic mass is 9.99. The van der Waals surface area contributed by atoms with Gasteiger partial charge in [0, 0.05) is 6.61 Å². The SMILES string of the molecule is CCCC1NC(=O)CN(C(COCC)C(C)C)C1=O. The summed E-state index contributed by atoms with van der Waals surface area (Å²) in [7, 11) is 0. The molecule has 0 aliphatic carbocycles. The molecule has 0 radical (unpaired) electrons. The Bertz CT molecular complexity index is 318. The summed E-state index contributed by atoms with van der Waals surface area (Å²) in [5, 5.41) is 2.78. The van der Waals surface area contributed by atoms with Gasteiger partial charge >= 0.3 is 0 Å². The smallest absolute Gasteiger partial charge is 0.245 e. The van der Waals surface area contributed by atoms with Crippen LogP contribution in [-0.4, -0.2) is 48.6 Å². The lowest BCUT2D eigenvalue weighted by Gasteiger charge is -2.39. The van der Waals surface area contributed by atoms with Crippen molar-refractivity contribution in [3.63, 3.8) is 0 Å². The summed E-state index contributed by atoms with van der Waals surface area (Å²) in [6.07, 6.45) is 1.57. The van der Waals surface area contributed by atoms with E-state index < -0.39 is 0 Å². The molecule has 0 spiro atoms. The molecule has 2 amide bonds. The Balaban J connectivity index is 2.81. The maximum Gasteiger partial charge on any atom is 0.245 e. The maximum atomic E-state index is 12.4. The number of hydrogen-bond acceptors (Lipinski definition) is 3. The number of carbonyl (C=O) groups is 2. The number of ether oxygens (including phenoxy) is 1. The third-order valence-electron chi connectivity index (χ3n) is 3.47. The van der Waals surface area contributed by atoms with Gasteiger partial charge in [0.25, 0.3) is 0 Å². The molecule has 1 rings (SSSR count). The predicted octanol–water partition coefficient (Wildman–Crippen LogP) is 1.17. The summed E-state index contributed by atoms with van der Waals surface area (Å²) in [4.78, 5) is 25.9. The quantitative estimate of drug-likeness (QED) is 0.755. The third kappa shape index (κ3) is 4.20. The predicted molar refractivity (Wildman–Crippen MR) is 73.7 cm³/mol. The van der Waals surface area contributed by atoms with Crippen molar-refractivity contribution >= 4 is 11.8 Å². The van der Waals surface area contributed by atoms with Crippen molar-refractivity contribution in [1.82, 2.24) is 10.2 Å². The highest BCUT2D eigenvalue weighted by Crippen LogP contribution is 2.17. The van der Waals surface area contributed by atoms with Gasteiger partial charge in [-0.3, -0.25) is 9.59 Å². The van der Waals surface area contributed by atoms with Crippen LogP contribution in [0.5, 0.6) is 0 Å². The van der Waals surface area contributed by atoms with E-state index in [0.29, 0.717) is 19.6 Å². The standard InChI is InChI=1S/C14H26N2O3/c1-5-7-11-14(18)16(8-13(17)15-11)12(10(3)4)9-19-6-2/h10-12H,5-9H2,1-4H3,(H,15,17). The van der Waals surface area contributed by atoms with Crippen LogP contribution in [-0.2, 0) is 14.3 Å². The Labute approximate surface area is 115 Å². The van der Waals surface area contributed by atoms with Crippen molar-refractivity contribution in [1.29, 1.82) is 0 Å². The van der Waals surface area contributed by atoms with Gasteiger partial charge < -0.3 is 15.0 Å². The Hall–Kier alpha value is -1.10. The van der Waals surface area contributed by atoms with Crippen molar-refractivity contribution in [2.75, 3.05) is 19.8 Å². The van der Waals surface area contributed by atoms with Crippen LogP contribution in [0.1, 0.15) is 40.5 Å². The van der Waals surface area contributed by atoms with Gasteiger partial charge in [-0.2, -0.15) is 0 Å². The van der Waals surface area contributed by atoms with Crippen molar-refractivity contribution in [3.8, 4) is 0 Å². The molecular weight excluding hydrogens is 244 g/mol. The monoisotopic (exact) mass is 270 g/mol. The van der Waals surface area contributed by atoms with Gasteiger partial charge in [0.15, 0.2) is 0 Å². The van der Waals surface area contributed by atoms with Crippen LogP contribution < -0.4 is 5.32 Å². The van der Waals surface area contributed by atoms with Gasteiger partial charge in [-0.25, -0.2) is 0 Å². The number of hydrogen-bond donors (Lipinski definition) is 1. The van der Waals surface area contributed by atoms with E-state index in [2.05, 4.69) is 19.2 Å². The molecule has 1 aliphatic rings. The molecule has 1 fully saturated rings. The Morgan fingerprint density at radius 3 is 2.58 bits per heavy atom. The van der Waals surface area contributed by atoms with E-state index in [1.54, 1.807) is 4.90 Å². The highest BCUT2D eigenvalue weighted by atomic mass is 16.5. The minimum Gasteiger partial charge on any atom is -0.380 e. The molecule has 0 aromatic carbocycles. The van der Waals surface area contributed by atoms with Crippen LogP contribution in [0.4, 0.5) is 0 Å². The number of amides is 2. The molecule has 2 unspecified atom stereocenters. The minimum absolute atomic E-state index is 0.0276. The molecule has 0 aromatic heterocycles. The molecule has 0 aromatic rings. The van der Waals surface area contributed by atoms with E-state index in [0.717, 1.165) is 6.42 Å². The second-order valence-electron chi connectivity index (χ2n) is 5.35. The van der Waals surface area contributed by atoms with Gasteiger partial charge in [0.1, 0.15) is 6.04 Å². The van der Waals surface area contributed by atoms with Crippen LogP contribution in [0.15, 0.2) is 0 Å². The first-order valence-corrected chi connectivity index (χ1v) is 7.18. The van der Waals surface area contributed by atoms with E-state index in [4.69, 9.17) is 4.74 Å². The van der Waals surface area contributed by atoms with Crippen LogP contribution in [0.3, 0.4) is 0 Å². The number of rotatable bonds is 7. The molecule has 1 N–H and O–H groups in total. The number of carbonyl (C=O) groups excluding carboxylic acids is 2. The van der Waals surface area contributed by atoms with Gasteiger partial charge in [-0.05, 0) is 19.3 Å². The minimum atomic E-state index is -0.367.